The highest BCUT2D eigenvalue weighted by Gasteiger charge is 2.20. The molecule has 1 heterocycles. The Morgan fingerprint density at radius 1 is 1.08 bits per heavy atom. The van der Waals surface area contributed by atoms with Crippen molar-refractivity contribution in [2.24, 2.45) is 0 Å². The van der Waals surface area contributed by atoms with Gasteiger partial charge in [-0.15, -0.1) is 0 Å². The molecule has 0 unspecified atom stereocenters. The van der Waals surface area contributed by atoms with Gasteiger partial charge in [0.1, 0.15) is 5.69 Å². The predicted molar refractivity (Wildman–Crippen MR) is 106 cm³/mol. The van der Waals surface area contributed by atoms with Gasteiger partial charge in [0.05, 0.1) is 0 Å². The normalized spacial score (nSPS) is 10.9. The standard InChI is InChI=1S/C22H24N2O2/c1-5-16-10-11-20-19(12-16)14(3)21(24(20)6-2)22(26)23-18-9-7-8-17(13-18)15(4)25/h7-13H,5-6H2,1-4H3,(H,23,26). The Morgan fingerprint density at radius 2 is 1.85 bits per heavy atom. The molecule has 4 heteroatoms. The molecule has 26 heavy (non-hydrogen) atoms. The molecule has 0 saturated heterocycles. The molecule has 2 aromatic carbocycles. The number of aromatic nitrogens is 1. The molecule has 4 nitrogen and oxygen atoms in total. The van der Waals surface area contributed by atoms with Crippen LogP contribution in [-0.4, -0.2) is 16.3 Å². The van der Waals surface area contributed by atoms with Gasteiger partial charge in [-0.2, -0.15) is 0 Å². The smallest absolute Gasteiger partial charge is 0.272 e. The van der Waals surface area contributed by atoms with Gasteiger partial charge in [-0.05, 0) is 62.6 Å². The highest BCUT2D eigenvalue weighted by atomic mass is 16.2. The van der Waals surface area contributed by atoms with Crippen molar-refractivity contribution in [1.82, 2.24) is 4.57 Å². The van der Waals surface area contributed by atoms with Gasteiger partial charge in [-0.1, -0.05) is 25.1 Å². The van der Waals surface area contributed by atoms with Gasteiger partial charge in [0.15, 0.2) is 5.78 Å². The second-order valence-corrected chi connectivity index (χ2v) is 6.51. The first-order valence-electron chi connectivity index (χ1n) is 9.00. The Balaban J connectivity index is 2.04. The molecule has 1 aromatic heterocycles. The fourth-order valence-electron chi connectivity index (χ4n) is 3.42. The van der Waals surface area contributed by atoms with Crippen LogP contribution in [0.1, 0.15) is 52.7 Å². The van der Waals surface area contributed by atoms with Crippen molar-refractivity contribution in [1.29, 1.82) is 0 Å². The summed E-state index contributed by atoms with van der Waals surface area (Å²) in [5.74, 6) is -0.175. The molecule has 0 atom stereocenters. The summed E-state index contributed by atoms with van der Waals surface area (Å²) in [5.41, 5.74) is 5.20. The van der Waals surface area contributed by atoms with Gasteiger partial charge in [0.25, 0.3) is 5.91 Å². The molecule has 3 aromatic rings. The predicted octanol–water partition coefficient (Wildman–Crippen LogP) is 4.99. The summed E-state index contributed by atoms with van der Waals surface area (Å²) in [6.07, 6.45) is 0.964. The maximum absolute atomic E-state index is 13.0. The number of anilines is 1. The van der Waals surface area contributed by atoms with E-state index in [-0.39, 0.29) is 11.7 Å². The number of fused-ring (bicyclic) bond motifs is 1. The Kier molecular flexibility index (Phi) is 4.94. The lowest BCUT2D eigenvalue weighted by atomic mass is 10.1. The first kappa shape index (κ1) is 17.9. The third-order valence-corrected chi connectivity index (χ3v) is 4.85. The maximum atomic E-state index is 13.0. The zero-order chi connectivity index (χ0) is 18.8. The lowest BCUT2D eigenvalue weighted by Crippen LogP contribution is -2.18. The van der Waals surface area contributed by atoms with Gasteiger partial charge in [0, 0.05) is 28.7 Å². The zero-order valence-corrected chi connectivity index (χ0v) is 15.7. The van der Waals surface area contributed by atoms with E-state index in [1.54, 1.807) is 24.3 Å². The van der Waals surface area contributed by atoms with Crippen LogP contribution >= 0.6 is 0 Å². The molecule has 0 bridgehead atoms. The molecule has 3 rings (SSSR count). The van der Waals surface area contributed by atoms with Crippen molar-refractivity contribution in [3.63, 3.8) is 0 Å². The van der Waals surface area contributed by atoms with Crippen LogP contribution in [0.2, 0.25) is 0 Å². The summed E-state index contributed by atoms with van der Waals surface area (Å²) >= 11 is 0. The average Bonchev–Trinajstić information content (AvgIpc) is 2.93. The lowest BCUT2D eigenvalue weighted by molar-refractivity contribution is 0.100. The number of nitrogens with one attached hydrogen (secondary N) is 1. The second-order valence-electron chi connectivity index (χ2n) is 6.51. The molecule has 0 fully saturated rings. The van der Waals surface area contributed by atoms with Crippen LogP contribution in [0, 0.1) is 6.92 Å². The van der Waals surface area contributed by atoms with E-state index in [2.05, 4.69) is 30.4 Å². The van der Waals surface area contributed by atoms with Crippen molar-refractivity contribution < 1.29 is 9.59 Å². The van der Waals surface area contributed by atoms with E-state index in [0.29, 0.717) is 23.5 Å². The quantitative estimate of drug-likeness (QED) is 0.661. The molecule has 0 radical (unpaired) electrons. The molecular formula is C22H24N2O2. The first-order chi connectivity index (χ1) is 12.5. The number of hydrogen-bond acceptors (Lipinski definition) is 2. The van der Waals surface area contributed by atoms with E-state index in [4.69, 9.17) is 0 Å². The highest BCUT2D eigenvalue weighted by Crippen LogP contribution is 2.28. The van der Waals surface area contributed by atoms with Crippen molar-refractivity contribution in [2.45, 2.75) is 40.7 Å². The summed E-state index contributed by atoms with van der Waals surface area (Å²) in [6, 6.07) is 13.4. The van der Waals surface area contributed by atoms with E-state index in [9.17, 15) is 9.59 Å². The minimum atomic E-state index is -0.153. The topological polar surface area (TPSA) is 51.1 Å². The fraction of sp³-hybridized carbons (Fsp3) is 0.273. The number of hydrogen-bond donors (Lipinski definition) is 1. The summed E-state index contributed by atoms with van der Waals surface area (Å²) < 4.78 is 2.05. The van der Waals surface area contributed by atoms with Gasteiger partial charge >= 0.3 is 0 Å². The molecule has 0 spiro atoms. The third kappa shape index (κ3) is 3.15. The molecule has 0 aliphatic carbocycles. The Bertz CT molecular complexity index is 999. The van der Waals surface area contributed by atoms with Crippen molar-refractivity contribution >= 4 is 28.3 Å². The van der Waals surface area contributed by atoms with Crippen LogP contribution in [0.25, 0.3) is 10.9 Å². The van der Waals surface area contributed by atoms with E-state index in [1.807, 2.05) is 18.4 Å². The summed E-state index contributed by atoms with van der Waals surface area (Å²) in [7, 11) is 0. The zero-order valence-electron chi connectivity index (χ0n) is 15.7. The van der Waals surface area contributed by atoms with Crippen molar-refractivity contribution in [3.8, 4) is 0 Å². The van der Waals surface area contributed by atoms with E-state index in [0.717, 1.165) is 22.9 Å². The molecule has 0 aliphatic heterocycles. The number of carbonyl (C=O) groups is 2. The Labute approximate surface area is 153 Å². The lowest BCUT2D eigenvalue weighted by Gasteiger charge is -2.10. The number of benzene rings is 2. The number of carbonyl (C=O) groups excluding carboxylic acids is 2. The van der Waals surface area contributed by atoms with Crippen LogP contribution in [-0.2, 0) is 13.0 Å². The number of rotatable bonds is 5. The molecular weight excluding hydrogens is 324 g/mol. The SMILES string of the molecule is CCc1ccc2c(c1)c(C)c(C(=O)Nc1cccc(C(C)=O)c1)n2CC. The van der Waals surface area contributed by atoms with E-state index < -0.39 is 0 Å². The molecule has 0 saturated carbocycles. The van der Waals surface area contributed by atoms with Crippen LogP contribution < -0.4 is 5.32 Å². The van der Waals surface area contributed by atoms with E-state index >= 15 is 0 Å². The highest BCUT2D eigenvalue weighted by molar-refractivity contribution is 6.09. The largest absolute Gasteiger partial charge is 0.337 e. The number of aryl methyl sites for hydroxylation is 3. The number of nitrogens with zero attached hydrogens (tertiary/aromatic N) is 1. The average molecular weight is 348 g/mol. The van der Waals surface area contributed by atoms with Crippen LogP contribution in [0.3, 0.4) is 0 Å². The Hall–Kier alpha value is -2.88. The first-order valence-corrected chi connectivity index (χ1v) is 9.00. The summed E-state index contributed by atoms with van der Waals surface area (Å²) in [6.45, 7) is 8.40. The summed E-state index contributed by atoms with van der Waals surface area (Å²) in [4.78, 5) is 24.6. The van der Waals surface area contributed by atoms with Gasteiger partial charge in [-0.25, -0.2) is 0 Å². The fourth-order valence-corrected chi connectivity index (χ4v) is 3.42. The van der Waals surface area contributed by atoms with Crippen LogP contribution in [0.15, 0.2) is 42.5 Å². The Morgan fingerprint density at radius 3 is 2.50 bits per heavy atom. The minimum absolute atomic E-state index is 0.0213. The molecule has 1 N–H and O–H groups in total. The van der Waals surface area contributed by atoms with Crippen LogP contribution in [0.4, 0.5) is 5.69 Å². The van der Waals surface area contributed by atoms with Crippen LogP contribution in [0.5, 0.6) is 0 Å². The molecule has 1 amide bonds. The van der Waals surface area contributed by atoms with Gasteiger partial charge in [-0.3, -0.25) is 9.59 Å². The maximum Gasteiger partial charge on any atom is 0.272 e. The second kappa shape index (κ2) is 7.16. The van der Waals surface area contributed by atoms with Gasteiger partial charge in [0.2, 0.25) is 0 Å². The molecule has 134 valence electrons. The van der Waals surface area contributed by atoms with Crippen molar-refractivity contribution in [3.05, 3.63) is 64.8 Å². The number of ketones is 1. The minimum Gasteiger partial charge on any atom is -0.337 e. The van der Waals surface area contributed by atoms with E-state index in [1.165, 1.54) is 12.5 Å². The summed E-state index contributed by atoms with van der Waals surface area (Å²) in [5, 5.41) is 4.07. The number of Topliss-reactive ketones (excluding diaryl/α,β-unsaturated/α-hetero) is 1. The van der Waals surface area contributed by atoms with Crippen molar-refractivity contribution in [2.75, 3.05) is 5.32 Å². The third-order valence-electron chi connectivity index (χ3n) is 4.85. The molecule has 0 aliphatic rings. The number of amides is 1. The van der Waals surface area contributed by atoms with Gasteiger partial charge < -0.3 is 9.88 Å². The monoisotopic (exact) mass is 348 g/mol.